The second-order valence-electron chi connectivity index (χ2n) is 7.90. The van der Waals surface area contributed by atoms with Crippen LogP contribution in [-0.2, 0) is 9.53 Å². The number of carboxylic acid groups (broad SMARTS) is 1. The average molecular weight is 636 g/mol. The van der Waals surface area contributed by atoms with E-state index in [9.17, 15) is 84.2 Å². The quantitative estimate of drug-likeness (QED) is 0.158. The van der Waals surface area contributed by atoms with E-state index in [2.05, 4.69) is 4.74 Å². The van der Waals surface area contributed by atoms with Gasteiger partial charge in [-0.2, -0.15) is 74.6 Å². The van der Waals surface area contributed by atoms with Gasteiger partial charge in [0, 0.05) is 6.54 Å². The topological polar surface area (TPSA) is 102 Å². The Morgan fingerprint density at radius 1 is 0.675 bits per heavy atom. The van der Waals surface area contributed by atoms with Gasteiger partial charge >= 0.3 is 59.7 Å². The minimum Gasteiger partial charge on any atom is -0.480 e. The lowest BCUT2D eigenvalue weighted by atomic mass is 9.88. The molecular formula is C17H17F17N2O4. The van der Waals surface area contributed by atoms with E-state index >= 15 is 0 Å². The highest BCUT2D eigenvalue weighted by molar-refractivity contribution is 5.72. The van der Waals surface area contributed by atoms with E-state index in [0.717, 1.165) is 0 Å². The van der Waals surface area contributed by atoms with Gasteiger partial charge in [0.15, 0.2) is 0 Å². The SMILES string of the molecule is N[C@@H](CCCCNC(=O)OCCC(F)(F)C(F)(F)C(F)(F)C(F)(F)C(F)(F)C(F)(F)C(F)(F)C(F)(F)F)C(=O)O. The first-order chi connectivity index (χ1) is 17.5. The van der Waals surface area contributed by atoms with Gasteiger partial charge in [0.05, 0.1) is 13.0 Å². The fourth-order valence-corrected chi connectivity index (χ4v) is 2.48. The molecule has 0 rings (SSSR count). The highest BCUT2D eigenvalue weighted by Crippen LogP contribution is 2.64. The van der Waals surface area contributed by atoms with Crippen LogP contribution in [0.2, 0.25) is 0 Å². The number of aliphatic carboxylic acids is 1. The van der Waals surface area contributed by atoms with E-state index in [0.29, 0.717) is 0 Å². The number of halogens is 17. The van der Waals surface area contributed by atoms with Crippen LogP contribution in [0, 0.1) is 0 Å². The average Bonchev–Trinajstić information content (AvgIpc) is 2.76. The zero-order valence-electron chi connectivity index (χ0n) is 19.0. The van der Waals surface area contributed by atoms with Gasteiger partial charge in [-0.25, -0.2) is 4.79 Å². The van der Waals surface area contributed by atoms with Crippen molar-refractivity contribution < 1.29 is 94.1 Å². The summed E-state index contributed by atoms with van der Waals surface area (Å²) in [6, 6.07) is -1.30. The molecule has 4 N–H and O–H groups in total. The molecule has 238 valence electrons. The van der Waals surface area contributed by atoms with Gasteiger partial charge in [-0.15, -0.1) is 0 Å². The third-order valence-electron chi connectivity index (χ3n) is 4.96. The molecule has 0 saturated carbocycles. The molecule has 40 heavy (non-hydrogen) atoms. The molecule has 0 aliphatic heterocycles. The summed E-state index contributed by atoms with van der Waals surface area (Å²) in [4.78, 5) is 21.7. The molecule has 0 heterocycles. The zero-order chi connectivity index (χ0) is 32.4. The second-order valence-corrected chi connectivity index (χ2v) is 7.90. The third kappa shape index (κ3) is 6.69. The number of ether oxygens (including phenoxy) is 1. The highest BCUT2D eigenvalue weighted by Gasteiger charge is 2.95. The van der Waals surface area contributed by atoms with Gasteiger partial charge in [-0.05, 0) is 19.3 Å². The summed E-state index contributed by atoms with van der Waals surface area (Å²) in [6.07, 6.45) is -12.6. The van der Waals surface area contributed by atoms with Gasteiger partial charge in [0.2, 0.25) is 0 Å². The van der Waals surface area contributed by atoms with Crippen molar-refractivity contribution in [2.45, 2.75) is 79.4 Å². The van der Waals surface area contributed by atoms with Crippen molar-refractivity contribution in [3.8, 4) is 0 Å². The standard InChI is InChI=1S/C17H17F17N2O4/c18-10(19,4-6-40-9(39)36-5-2-1-3-7(35)8(37)38)11(20,21)12(22,23)13(24,25)14(26,27)15(28,29)16(30,31)17(32,33)34/h7H,1-6,35H2,(H,36,39)(H,37,38)/t7-/m0/s1. The van der Waals surface area contributed by atoms with E-state index in [1.807, 2.05) is 0 Å². The number of hydrogen-bond donors (Lipinski definition) is 3. The lowest BCUT2D eigenvalue weighted by molar-refractivity contribution is -0.461. The molecule has 23 heteroatoms. The van der Waals surface area contributed by atoms with Crippen molar-refractivity contribution in [3.05, 3.63) is 0 Å². The van der Waals surface area contributed by atoms with E-state index in [1.54, 1.807) is 5.32 Å². The maximum Gasteiger partial charge on any atom is 0.460 e. The van der Waals surface area contributed by atoms with Crippen LogP contribution in [-0.4, -0.2) is 84.0 Å². The Hall–Kier alpha value is -2.49. The number of carboxylic acids is 1. The third-order valence-corrected chi connectivity index (χ3v) is 4.96. The number of alkyl halides is 17. The number of nitrogens with two attached hydrogens (primary N) is 1. The summed E-state index contributed by atoms with van der Waals surface area (Å²) in [5, 5.41) is 10.3. The van der Waals surface area contributed by atoms with E-state index in [-0.39, 0.29) is 19.3 Å². The Balaban J connectivity index is 5.60. The first-order valence-corrected chi connectivity index (χ1v) is 10.1. The first kappa shape index (κ1) is 37.5. The van der Waals surface area contributed by atoms with Gasteiger partial charge in [-0.3, -0.25) is 4.79 Å². The fourth-order valence-electron chi connectivity index (χ4n) is 2.48. The molecule has 1 amide bonds. The first-order valence-electron chi connectivity index (χ1n) is 10.1. The van der Waals surface area contributed by atoms with Crippen molar-refractivity contribution in [2.24, 2.45) is 5.73 Å². The fraction of sp³-hybridized carbons (Fsp3) is 0.882. The number of rotatable bonds is 15. The Morgan fingerprint density at radius 3 is 1.48 bits per heavy atom. The maximum atomic E-state index is 13.7. The van der Waals surface area contributed by atoms with Gasteiger partial charge < -0.3 is 20.9 Å². The smallest absolute Gasteiger partial charge is 0.460 e. The van der Waals surface area contributed by atoms with Crippen LogP contribution >= 0.6 is 0 Å². The summed E-state index contributed by atoms with van der Waals surface area (Å²) in [6.45, 7) is -2.48. The van der Waals surface area contributed by atoms with Crippen LogP contribution in [0.5, 0.6) is 0 Å². The molecule has 0 fully saturated rings. The summed E-state index contributed by atoms with van der Waals surface area (Å²) in [5.41, 5.74) is 5.14. The normalized spacial score (nSPS) is 15.6. The Morgan fingerprint density at radius 2 is 1.07 bits per heavy atom. The Bertz CT molecular complexity index is 892. The number of alkyl carbamates (subject to hydrolysis) is 1. The van der Waals surface area contributed by atoms with Gasteiger partial charge in [-0.1, -0.05) is 0 Å². The summed E-state index contributed by atoms with van der Waals surface area (Å²) >= 11 is 0. The minimum absolute atomic E-state index is 0.0416. The van der Waals surface area contributed by atoms with Crippen molar-refractivity contribution >= 4 is 12.1 Å². The number of carbonyl (C=O) groups excluding carboxylic acids is 1. The lowest BCUT2D eigenvalue weighted by Crippen LogP contribution is -2.74. The molecule has 0 aliphatic carbocycles. The Labute approximate surface area is 211 Å². The predicted molar refractivity (Wildman–Crippen MR) is 94.1 cm³/mol. The molecule has 6 nitrogen and oxygen atoms in total. The second kappa shape index (κ2) is 11.8. The van der Waals surface area contributed by atoms with Crippen molar-refractivity contribution in [3.63, 3.8) is 0 Å². The van der Waals surface area contributed by atoms with Crippen molar-refractivity contribution in [1.82, 2.24) is 5.32 Å². The molecule has 0 saturated heterocycles. The predicted octanol–water partition coefficient (Wildman–Crippen LogP) is 5.69. The minimum atomic E-state index is -8.72. The molecule has 0 radical (unpaired) electrons. The lowest BCUT2D eigenvalue weighted by Gasteiger charge is -2.42. The van der Waals surface area contributed by atoms with Crippen LogP contribution in [0.1, 0.15) is 25.7 Å². The maximum absolute atomic E-state index is 13.7. The summed E-state index contributed by atoms with van der Waals surface area (Å²) < 4.78 is 227. The van der Waals surface area contributed by atoms with Crippen LogP contribution in [0.25, 0.3) is 0 Å². The largest absolute Gasteiger partial charge is 0.480 e. The van der Waals surface area contributed by atoms with Crippen LogP contribution in [0.15, 0.2) is 0 Å². The van der Waals surface area contributed by atoms with Crippen molar-refractivity contribution in [2.75, 3.05) is 13.2 Å². The summed E-state index contributed by atoms with van der Waals surface area (Å²) in [7, 11) is 0. The monoisotopic (exact) mass is 636 g/mol. The highest BCUT2D eigenvalue weighted by atomic mass is 19.4. The molecule has 0 aromatic rings. The molecule has 0 spiro atoms. The van der Waals surface area contributed by atoms with Gasteiger partial charge in [0.1, 0.15) is 6.04 Å². The molecule has 0 unspecified atom stereocenters. The number of unbranched alkanes of at least 4 members (excludes halogenated alkanes) is 1. The number of amides is 1. The van der Waals surface area contributed by atoms with Gasteiger partial charge in [0.25, 0.3) is 0 Å². The number of carbonyl (C=O) groups is 2. The van der Waals surface area contributed by atoms with Crippen LogP contribution in [0.3, 0.4) is 0 Å². The summed E-state index contributed by atoms with van der Waals surface area (Å²) in [5.74, 6) is -58.5. The zero-order valence-corrected chi connectivity index (χ0v) is 19.0. The molecule has 0 bridgehead atoms. The van der Waals surface area contributed by atoms with E-state index < -0.39 is 85.3 Å². The molecule has 0 aliphatic rings. The molecule has 0 aromatic heterocycles. The number of nitrogens with one attached hydrogen (secondary N) is 1. The van der Waals surface area contributed by atoms with Crippen molar-refractivity contribution in [1.29, 1.82) is 0 Å². The van der Waals surface area contributed by atoms with Crippen LogP contribution < -0.4 is 11.1 Å². The van der Waals surface area contributed by atoms with E-state index in [4.69, 9.17) is 10.8 Å². The molecular weight excluding hydrogens is 619 g/mol. The molecule has 1 atom stereocenters. The molecule has 0 aromatic carbocycles. The number of hydrogen-bond acceptors (Lipinski definition) is 4. The van der Waals surface area contributed by atoms with E-state index in [1.165, 1.54) is 0 Å². The van der Waals surface area contributed by atoms with Crippen LogP contribution in [0.4, 0.5) is 79.4 Å². The Kier molecular flexibility index (Phi) is 11.0.